The SMILES string of the molecule is CC1=Cc2c(Nc3ccccc3)cccc2[CH]1[Zr+2][CH]1C(C)=Cc2c(Nc3ccccc3)cccc21.C[SiH2]C.[Cl-].[Cl-]. The Morgan fingerprint density at radius 3 is 1.30 bits per heavy atom. The van der Waals surface area contributed by atoms with Crippen molar-refractivity contribution in [3.63, 3.8) is 0 Å². The number of para-hydroxylation sites is 2. The van der Waals surface area contributed by atoms with Gasteiger partial charge in [-0.25, -0.2) is 0 Å². The van der Waals surface area contributed by atoms with Gasteiger partial charge in [0.05, 0.1) is 0 Å². The third kappa shape index (κ3) is 7.09. The van der Waals surface area contributed by atoms with Gasteiger partial charge in [-0.3, -0.25) is 0 Å². The van der Waals surface area contributed by atoms with E-state index in [1.54, 1.807) is 0 Å². The van der Waals surface area contributed by atoms with E-state index in [-0.39, 0.29) is 24.8 Å². The predicted molar refractivity (Wildman–Crippen MR) is 165 cm³/mol. The van der Waals surface area contributed by atoms with Crippen LogP contribution in [0.3, 0.4) is 0 Å². The second-order valence-corrected chi connectivity index (χ2v) is 15.2. The molecule has 2 N–H and O–H groups in total. The second-order valence-electron chi connectivity index (χ2n) is 10.1. The normalized spacial score (nSPS) is 15.9. The first-order chi connectivity index (χ1) is 18.6. The summed E-state index contributed by atoms with van der Waals surface area (Å²) >= 11 is -0.872. The van der Waals surface area contributed by atoms with E-state index in [9.17, 15) is 0 Å². The van der Waals surface area contributed by atoms with Crippen LogP contribution in [0.2, 0.25) is 13.1 Å². The van der Waals surface area contributed by atoms with E-state index in [1.807, 2.05) is 0 Å². The third-order valence-electron chi connectivity index (χ3n) is 7.00. The van der Waals surface area contributed by atoms with E-state index in [0.717, 1.165) is 11.4 Å². The molecular formula is C34H36Cl2N2SiZr. The Morgan fingerprint density at radius 2 is 0.925 bits per heavy atom. The molecule has 6 heteroatoms. The van der Waals surface area contributed by atoms with Crippen molar-refractivity contribution in [1.29, 1.82) is 0 Å². The molecule has 0 bridgehead atoms. The Hall–Kier alpha value is -2.36. The summed E-state index contributed by atoms with van der Waals surface area (Å²) in [5.41, 5.74) is 13.5. The van der Waals surface area contributed by atoms with Crippen LogP contribution in [-0.4, -0.2) is 9.52 Å². The first-order valence-corrected chi connectivity index (χ1v) is 19.3. The van der Waals surface area contributed by atoms with Gasteiger partial charge in [-0.1, -0.05) is 13.1 Å². The van der Waals surface area contributed by atoms with Crippen LogP contribution < -0.4 is 35.4 Å². The van der Waals surface area contributed by atoms with Gasteiger partial charge < -0.3 is 24.8 Å². The molecule has 0 heterocycles. The molecule has 0 saturated carbocycles. The predicted octanol–water partition coefficient (Wildman–Crippen LogP) is 3.13. The van der Waals surface area contributed by atoms with Crippen molar-refractivity contribution in [3.05, 3.63) is 130 Å². The molecule has 2 unspecified atom stereocenters. The molecule has 0 aromatic heterocycles. The zero-order valence-corrected chi connectivity index (χ0v) is 28.9. The second kappa shape index (κ2) is 15.0. The topological polar surface area (TPSA) is 24.1 Å². The molecule has 4 aromatic carbocycles. The Labute approximate surface area is 266 Å². The first kappa shape index (κ1) is 32.2. The minimum absolute atomic E-state index is 0. The van der Waals surface area contributed by atoms with Crippen LogP contribution in [0.4, 0.5) is 22.7 Å². The van der Waals surface area contributed by atoms with Gasteiger partial charge in [0.15, 0.2) is 0 Å². The number of halogens is 2. The monoisotopic (exact) mass is 660 g/mol. The van der Waals surface area contributed by atoms with Crippen molar-refractivity contribution in [2.75, 3.05) is 10.6 Å². The summed E-state index contributed by atoms with van der Waals surface area (Å²) in [5, 5.41) is 7.30. The van der Waals surface area contributed by atoms with Crippen LogP contribution in [0.1, 0.15) is 43.4 Å². The Kier molecular flexibility index (Phi) is 12.1. The van der Waals surface area contributed by atoms with Crippen molar-refractivity contribution in [2.24, 2.45) is 0 Å². The average molecular weight is 663 g/mol. The maximum atomic E-state index is 3.65. The molecule has 2 nitrogen and oxygen atoms in total. The van der Waals surface area contributed by atoms with Crippen molar-refractivity contribution in [2.45, 2.75) is 34.2 Å². The largest absolute Gasteiger partial charge is 1.00 e. The summed E-state index contributed by atoms with van der Waals surface area (Å²) in [5.74, 6) is 0. The number of hydrogen-bond acceptors (Lipinski definition) is 2. The van der Waals surface area contributed by atoms with Gasteiger partial charge in [-0.15, -0.1) is 0 Å². The van der Waals surface area contributed by atoms with E-state index >= 15 is 0 Å². The van der Waals surface area contributed by atoms with Crippen LogP contribution in [0.15, 0.2) is 108 Å². The molecule has 0 aliphatic heterocycles. The van der Waals surface area contributed by atoms with Gasteiger partial charge in [0.25, 0.3) is 0 Å². The number of hydrogen-bond donors (Lipinski definition) is 2. The fraction of sp³-hybridized carbons (Fsp3) is 0.176. The number of nitrogens with one attached hydrogen (secondary N) is 2. The molecule has 204 valence electrons. The first-order valence-electron chi connectivity index (χ1n) is 13.6. The van der Waals surface area contributed by atoms with Crippen LogP contribution in [0.25, 0.3) is 12.2 Å². The van der Waals surface area contributed by atoms with Crippen molar-refractivity contribution >= 4 is 44.4 Å². The quantitative estimate of drug-likeness (QED) is 0.311. The maximum absolute atomic E-state index is 3.65. The zero-order chi connectivity index (χ0) is 26.5. The van der Waals surface area contributed by atoms with Crippen LogP contribution in [0.5, 0.6) is 0 Å². The molecular weight excluding hydrogens is 627 g/mol. The summed E-state index contributed by atoms with van der Waals surface area (Å²) in [7, 11) is 0.417. The van der Waals surface area contributed by atoms with Gasteiger partial charge in [-0.2, -0.15) is 0 Å². The molecule has 6 rings (SSSR count). The molecule has 0 spiro atoms. The van der Waals surface area contributed by atoms with Gasteiger partial charge in [0.2, 0.25) is 0 Å². The van der Waals surface area contributed by atoms with Gasteiger partial charge >= 0.3 is 220 Å². The van der Waals surface area contributed by atoms with Gasteiger partial charge in [-0.05, 0) is 0 Å². The molecule has 2 aliphatic rings. The smallest absolute Gasteiger partial charge is 0.0135 e. The summed E-state index contributed by atoms with van der Waals surface area (Å²) in [6.45, 7) is 9.19. The number of anilines is 4. The zero-order valence-electron chi connectivity index (χ0n) is 23.5. The van der Waals surface area contributed by atoms with Crippen molar-refractivity contribution < 1.29 is 48.0 Å². The molecule has 4 aromatic rings. The van der Waals surface area contributed by atoms with E-state index < -0.39 is 23.2 Å². The average Bonchev–Trinajstić information content (AvgIpc) is 3.43. The van der Waals surface area contributed by atoms with Crippen LogP contribution in [0, 0.1) is 0 Å². The van der Waals surface area contributed by atoms with E-state index in [4.69, 9.17) is 0 Å². The maximum Gasteiger partial charge on any atom is 0.0135 e. The minimum atomic E-state index is -0.872. The van der Waals surface area contributed by atoms with Gasteiger partial charge in [0.1, 0.15) is 0 Å². The Bertz CT molecular complexity index is 1360. The third-order valence-corrected chi connectivity index (χ3v) is 12.4. The molecule has 0 amide bonds. The fourth-order valence-corrected chi connectivity index (χ4v) is 9.93. The molecule has 2 atom stereocenters. The molecule has 2 aliphatic carbocycles. The van der Waals surface area contributed by atoms with Gasteiger partial charge in [0, 0.05) is 9.52 Å². The molecule has 0 saturated heterocycles. The van der Waals surface area contributed by atoms with E-state index in [0.29, 0.717) is 16.8 Å². The van der Waals surface area contributed by atoms with Crippen LogP contribution >= 0.6 is 0 Å². The Morgan fingerprint density at radius 1 is 0.550 bits per heavy atom. The number of rotatable bonds is 6. The van der Waals surface area contributed by atoms with E-state index in [2.05, 4.69) is 147 Å². The molecule has 0 radical (unpaired) electrons. The standard InChI is InChI=1S/2C16H14N.C2H8Si.2ClH.Zr/c2*1-12-10-13-6-5-9-16(15(13)11-12)17-14-7-3-2-4-8-14;1-3-2;;;/h2*2-11,17H,1H3;3H2,1-2H3;2*1H;/q;;;;;+2/p-2. The Balaban J connectivity index is 0.000000846. The van der Waals surface area contributed by atoms with Crippen molar-refractivity contribution in [3.8, 4) is 0 Å². The van der Waals surface area contributed by atoms with Crippen LogP contribution in [-0.2, 0) is 23.2 Å². The van der Waals surface area contributed by atoms with Crippen molar-refractivity contribution in [1.82, 2.24) is 0 Å². The molecule has 0 fully saturated rings. The summed E-state index contributed by atoms with van der Waals surface area (Å²) in [6, 6.07) is 34.5. The molecule has 40 heavy (non-hydrogen) atoms. The number of benzene rings is 4. The number of allylic oxidation sites excluding steroid dienone is 2. The number of fused-ring (bicyclic) bond motifs is 2. The summed E-state index contributed by atoms with van der Waals surface area (Å²) in [4.78, 5) is 0. The fourth-order valence-electron chi connectivity index (χ4n) is 5.29. The summed E-state index contributed by atoms with van der Waals surface area (Å²) in [6.07, 6.45) is 4.85. The minimum Gasteiger partial charge on any atom is -1.00 e. The van der Waals surface area contributed by atoms with E-state index in [1.165, 1.54) is 44.8 Å². The summed E-state index contributed by atoms with van der Waals surface area (Å²) < 4.78 is 1.19.